The number of ketones is 1. The van der Waals surface area contributed by atoms with E-state index in [1.165, 1.54) is 7.11 Å². The van der Waals surface area contributed by atoms with Crippen molar-refractivity contribution in [3.63, 3.8) is 0 Å². The van der Waals surface area contributed by atoms with Crippen LogP contribution in [0.1, 0.15) is 42.7 Å². The molecule has 1 aliphatic heterocycles. The van der Waals surface area contributed by atoms with Gasteiger partial charge in [-0.2, -0.15) is 0 Å². The van der Waals surface area contributed by atoms with E-state index in [2.05, 4.69) is 0 Å². The van der Waals surface area contributed by atoms with E-state index in [0.29, 0.717) is 24.1 Å². The molecular weight excluding hydrogens is 394 g/mol. The number of esters is 1. The number of aromatic hydroxyl groups is 1. The Hall–Kier alpha value is -3.41. The molecule has 0 bridgehead atoms. The standard InChI is InChI=1S/C25H25NO5/c1-14-22(25(29)31-3)23(16-4-8-18(27)9-5-16)24-20(26-14)12-17(13-21(24)28)15-6-10-19(30-2)11-7-15/h4-11,17,22-23,27H,12-13H2,1-3H3/t17-,22?,23-/m0/s1. The van der Waals surface area contributed by atoms with E-state index in [-0.39, 0.29) is 17.5 Å². The number of rotatable bonds is 4. The summed E-state index contributed by atoms with van der Waals surface area (Å²) in [7, 11) is 2.97. The van der Waals surface area contributed by atoms with Gasteiger partial charge in [0, 0.05) is 29.3 Å². The van der Waals surface area contributed by atoms with Crippen molar-refractivity contribution in [2.75, 3.05) is 14.2 Å². The fourth-order valence-corrected chi connectivity index (χ4v) is 4.65. The van der Waals surface area contributed by atoms with E-state index in [1.807, 2.05) is 24.3 Å². The van der Waals surface area contributed by atoms with Gasteiger partial charge < -0.3 is 14.6 Å². The van der Waals surface area contributed by atoms with Gasteiger partial charge >= 0.3 is 5.97 Å². The van der Waals surface area contributed by atoms with Gasteiger partial charge in [0.25, 0.3) is 0 Å². The van der Waals surface area contributed by atoms with E-state index in [9.17, 15) is 14.7 Å². The fourth-order valence-electron chi connectivity index (χ4n) is 4.65. The van der Waals surface area contributed by atoms with Crippen molar-refractivity contribution in [3.8, 4) is 11.5 Å². The lowest BCUT2D eigenvalue weighted by Gasteiger charge is -2.36. The molecule has 2 aromatic rings. The molecule has 3 atom stereocenters. The van der Waals surface area contributed by atoms with Gasteiger partial charge in [0.15, 0.2) is 5.78 Å². The molecule has 160 valence electrons. The van der Waals surface area contributed by atoms with Crippen molar-refractivity contribution in [1.82, 2.24) is 0 Å². The highest BCUT2D eigenvalue weighted by Crippen LogP contribution is 2.47. The van der Waals surface area contributed by atoms with Crippen LogP contribution >= 0.6 is 0 Å². The third-order valence-corrected chi connectivity index (χ3v) is 6.18. The van der Waals surface area contributed by atoms with Gasteiger partial charge in [0.2, 0.25) is 0 Å². The number of ether oxygens (including phenoxy) is 2. The van der Waals surface area contributed by atoms with E-state index in [1.54, 1.807) is 38.3 Å². The second-order valence-corrected chi connectivity index (χ2v) is 7.99. The van der Waals surface area contributed by atoms with Crippen LogP contribution in [-0.2, 0) is 14.3 Å². The Morgan fingerprint density at radius 3 is 2.26 bits per heavy atom. The maximum absolute atomic E-state index is 13.4. The van der Waals surface area contributed by atoms with Crippen molar-refractivity contribution in [2.24, 2.45) is 10.9 Å². The van der Waals surface area contributed by atoms with E-state index in [4.69, 9.17) is 14.5 Å². The molecule has 1 aliphatic carbocycles. The van der Waals surface area contributed by atoms with Crippen LogP contribution in [0.4, 0.5) is 0 Å². The number of phenolic OH excluding ortho intramolecular Hbond substituents is 1. The molecule has 0 fully saturated rings. The third-order valence-electron chi connectivity index (χ3n) is 6.18. The molecule has 0 saturated carbocycles. The molecule has 6 heteroatoms. The van der Waals surface area contributed by atoms with Crippen LogP contribution in [0.25, 0.3) is 0 Å². The van der Waals surface area contributed by atoms with Gasteiger partial charge in [-0.3, -0.25) is 14.6 Å². The molecule has 0 spiro atoms. The topological polar surface area (TPSA) is 85.2 Å². The van der Waals surface area contributed by atoms with Crippen LogP contribution in [0.15, 0.2) is 64.8 Å². The minimum Gasteiger partial charge on any atom is -0.508 e. The van der Waals surface area contributed by atoms with Gasteiger partial charge in [0.05, 0.1) is 14.2 Å². The maximum Gasteiger partial charge on any atom is 0.315 e. The summed E-state index contributed by atoms with van der Waals surface area (Å²) < 4.78 is 10.3. The number of phenols is 1. The van der Waals surface area contributed by atoms with E-state index >= 15 is 0 Å². The predicted molar refractivity (Wildman–Crippen MR) is 116 cm³/mol. The number of hydrogen-bond acceptors (Lipinski definition) is 6. The molecule has 0 radical (unpaired) electrons. The molecule has 2 aliphatic rings. The molecule has 1 heterocycles. The van der Waals surface area contributed by atoms with Gasteiger partial charge in [-0.1, -0.05) is 24.3 Å². The number of allylic oxidation sites excluding steroid dienone is 2. The number of nitrogens with zero attached hydrogens (tertiary/aromatic N) is 1. The van der Waals surface area contributed by atoms with Gasteiger partial charge in [-0.15, -0.1) is 0 Å². The summed E-state index contributed by atoms with van der Waals surface area (Å²) in [6, 6.07) is 14.4. The zero-order valence-electron chi connectivity index (χ0n) is 17.8. The highest BCUT2D eigenvalue weighted by molar-refractivity contribution is 6.09. The van der Waals surface area contributed by atoms with Crippen LogP contribution in [0.5, 0.6) is 11.5 Å². The average molecular weight is 419 g/mol. The quantitative estimate of drug-likeness (QED) is 0.753. The maximum atomic E-state index is 13.4. The van der Waals surface area contributed by atoms with Gasteiger partial charge in [-0.25, -0.2) is 0 Å². The second kappa shape index (κ2) is 8.38. The molecule has 0 saturated heterocycles. The molecule has 0 aromatic heterocycles. The normalized spacial score (nSPS) is 23.1. The predicted octanol–water partition coefficient (Wildman–Crippen LogP) is 4.15. The molecule has 1 unspecified atom stereocenters. The van der Waals surface area contributed by atoms with Crippen LogP contribution in [-0.4, -0.2) is 36.8 Å². The number of methoxy groups -OCH3 is 2. The van der Waals surface area contributed by atoms with Crippen LogP contribution in [0, 0.1) is 5.92 Å². The first-order chi connectivity index (χ1) is 14.9. The third kappa shape index (κ3) is 3.85. The molecule has 6 nitrogen and oxygen atoms in total. The Bertz CT molecular complexity index is 1070. The summed E-state index contributed by atoms with van der Waals surface area (Å²) in [5, 5.41) is 9.71. The summed E-state index contributed by atoms with van der Waals surface area (Å²) in [5.41, 5.74) is 3.78. The summed E-state index contributed by atoms with van der Waals surface area (Å²) in [4.78, 5) is 30.8. The lowest BCUT2D eigenvalue weighted by molar-refractivity contribution is -0.143. The van der Waals surface area contributed by atoms with Crippen molar-refractivity contribution < 1.29 is 24.2 Å². The minimum absolute atomic E-state index is 0.00899. The summed E-state index contributed by atoms with van der Waals surface area (Å²) in [6.45, 7) is 1.81. The SMILES string of the molecule is COC(=O)C1C(C)=NC2=C(C(=O)C[C@@H](c3ccc(OC)cc3)C2)[C@H]1c1ccc(O)cc1. The first-order valence-corrected chi connectivity index (χ1v) is 10.2. The number of carbonyl (C=O) groups is 2. The summed E-state index contributed by atoms with van der Waals surface area (Å²) in [5.74, 6) is -0.668. The Morgan fingerprint density at radius 1 is 1.00 bits per heavy atom. The second-order valence-electron chi connectivity index (χ2n) is 7.99. The zero-order chi connectivity index (χ0) is 22.1. The molecular formula is C25H25NO5. The smallest absolute Gasteiger partial charge is 0.315 e. The highest BCUT2D eigenvalue weighted by Gasteiger charge is 2.44. The Kier molecular flexibility index (Phi) is 5.63. The number of benzene rings is 2. The Labute approximate surface area is 181 Å². The van der Waals surface area contributed by atoms with E-state index in [0.717, 1.165) is 22.6 Å². The van der Waals surface area contributed by atoms with Crippen LogP contribution in [0.2, 0.25) is 0 Å². The van der Waals surface area contributed by atoms with Crippen LogP contribution < -0.4 is 4.74 Å². The molecule has 0 amide bonds. The molecule has 31 heavy (non-hydrogen) atoms. The van der Waals surface area contributed by atoms with E-state index < -0.39 is 17.8 Å². The minimum atomic E-state index is -0.672. The number of Topliss-reactive ketones (excluding diaryl/α,β-unsaturated/α-hetero) is 1. The average Bonchev–Trinajstić information content (AvgIpc) is 2.78. The summed E-state index contributed by atoms with van der Waals surface area (Å²) >= 11 is 0. The van der Waals surface area contributed by atoms with Crippen molar-refractivity contribution >= 4 is 17.5 Å². The molecule has 2 aromatic carbocycles. The highest BCUT2D eigenvalue weighted by atomic mass is 16.5. The first kappa shape index (κ1) is 20.8. The number of carbonyl (C=O) groups excluding carboxylic acids is 2. The zero-order valence-corrected chi connectivity index (χ0v) is 17.8. The fraction of sp³-hybridized carbons (Fsp3) is 0.320. The summed E-state index contributed by atoms with van der Waals surface area (Å²) in [6.07, 6.45) is 0.968. The first-order valence-electron chi connectivity index (χ1n) is 10.2. The Balaban J connectivity index is 1.77. The van der Waals surface area contributed by atoms with Gasteiger partial charge in [0.1, 0.15) is 17.4 Å². The lowest BCUT2D eigenvalue weighted by atomic mass is 9.69. The molecule has 1 N–H and O–H groups in total. The van der Waals surface area contributed by atoms with Crippen LogP contribution in [0.3, 0.4) is 0 Å². The number of hydrogen-bond donors (Lipinski definition) is 1. The van der Waals surface area contributed by atoms with Crippen molar-refractivity contribution in [1.29, 1.82) is 0 Å². The monoisotopic (exact) mass is 419 g/mol. The van der Waals surface area contributed by atoms with Crippen molar-refractivity contribution in [2.45, 2.75) is 31.6 Å². The largest absolute Gasteiger partial charge is 0.508 e. The lowest BCUT2D eigenvalue weighted by Crippen LogP contribution is -2.37. The Morgan fingerprint density at radius 2 is 1.65 bits per heavy atom. The molecule has 4 rings (SSSR count). The van der Waals surface area contributed by atoms with Gasteiger partial charge in [-0.05, 0) is 54.7 Å². The number of aliphatic imine (C=N–C) groups is 1. The van der Waals surface area contributed by atoms with Crippen molar-refractivity contribution in [3.05, 3.63) is 70.9 Å².